The van der Waals surface area contributed by atoms with E-state index in [9.17, 15) is 9.90 Å². The number of fused-ring (bicyclic) bond motifs is 1. The summed E-state index contributed by atoms with van der Waals surface area (Å²) in [6.07, 6.45) is 7.00. The predicted molar refractivity (Wildman–Crippen MR) is 86.3 cm³/mol. The van der Waals surface area contributed by atoms with Crippen molar-refractivity contribution in [2.75, 3.05) is 7.11 Å². The van der Waals surface area contributed by atoms with Crippen LogP contribution in [0.25, 0.3) is 0 Å². The van der Waals surface area contributed by atoms with Crippen molar-refractivity contribution in [3.05, 3.63) is 23.3 Å². The second-order valence-electron chi connectivity index (χ2n) is 6.07. The van der Waals surface area contributed by atoms with Gasteiger partial charge in [-0.05, 0) is 68.2 Å². The van der Waals surface area contributed by atoms with Crippen LogP contribution in [0.4, 0.5) is 0 Å². The van der Waals surface area contributed by atoms with Crippen LogP contribution in [0.1, 0.15) is 43.2 Å². The zero-order chi connectivity index (χ0) is 14.8. The number of carboxylic acids is 1. The van der Waals surface area contributed by atoms with E-state index >= 15 is 0 Å². The Balaban J connectivity index is 0.00000176. The maximum atomic E-state index is 11.2. The van der Waals surface area contributed by atoms with Crippen molar-refractivity contribution in [1.29, 1.82) is 0 Å². The third-order valence-electron chi connectivity index (χ3n) is 4.66. The van der Waals surface area contributed by atoms with Crippen molar-refractivity contribution in [3.63, 3.8) is 0 Å². The molecule has 122 valence electrons. The third kappa shape index (κ3) is 3.49. The molecule has 1 saturated carbocycles. The number of carboxylic acid groups (broad SMARTS) is 1. The fourth-order valence-corrected chi connectivity index (χ4v) is 3.41. The molecule has 0 amide bonds. The highest BCUT2D eigenvalue weighted by Crippen LogP contribution is 2.37. The average molecular weight is 327 g/mol. The molecule has 1 aromatic rings. The second-order valence-corrected chi connectivity index (χ2v) is 6.07. The monoisotopic (exact) mass is 326 g/mol. The van der Waals surface area contributed by atoms with Crippen LogP contribution < -0.4 is 9.47 Å². The molecule has 1 aromatic carbocycles. The second kappa shape index (κ2) is 7.23. The molecule has 0 aliphatic heterocycles. The standard InChI is InChI=1S/C17H22O4.ClH/c1-20-15-9-11-6-7-12(17(18)19)8-13(11)10-16(15)21-14-4-2-3-5-14;/h9-10,12,14H,2-8H2,1H3,(H,18,19);1H/t12-;/m1./s1. The minimum absolute atomic E-state index is 0. The van der Waals surface area contributed by atoms with Gasteiger partial charge in [-0.3, -0.25) is 4.79 Å². The first-order chi connectivity index (χ1) is 10.2. The van der Waals surface area contributed by atoms with Crippen LogP contribution in [0, 0.1) is 5.92 Å². The Kier molecular flexibility index (Phi) is 5.57. The maximum absolute atomic E-state index is 11.2. The molecule has 0 heterocycles. The number of halogens is 1. The summed E-state index contributed by atoms with van der Waals surface area (Å²) in [6, 6.07) is 4.03. The van der Waals surface area contributed by atoms with Gasteiger partial charge in [0.25, 0.3) is 0 Å². The first-order valence-electron chi connectivity index (χ1n) is 7.76. The van der Waals surface area contributed by atoms with Gasteiger partial charge in [0.1, 0.15) is 0 Å². The lowest BCUT2D eigenvalue weighted by molar-refractivity contribution is -0.142. The molecule has 4 nitrogen and oxygen atoms in total. The highest BCUT2D eigenvalue weighted by molar-refractivity contribution is 5.85. The van der Waals surface area contributed by atoms with E-state index in [1.54, 1.807) is 7.11 Å². The molecule has 0 aromatic heterocycles. The average Bonchev–Trinajstić information content (AvgIpc) is 2.98. The van der Waals surface area contributed by atoms with Gasteiger partial charge in [-0.15, -0.1) is 12.4 Å². The van der Waals surface area contributed by atoms with Crippen LogP contribution in [-0.2, 0) is 17.6 Å². The molecule has 0 saturated heterocycles. The molecule has 1 atom stereocenters. The number of methoxy groups -OCH3 is 1. The van der Waals surface area contributed by atoms with Gasteiger partial charge in [0.15, 0.2) is 11.5 Å². The summed E-state index contributed by atoms with van der Waals surface area (Å²) < 4.78 is 11.5. The Morgan fingerprint density at radius 2 is 1.82 bits per heavy atom. The minimum atomic E-state index is -0.699. The van der Waals surface area contributed by atoms with Gasteiger partial charge in [0, 0.05) is 0 Å². The number of aliphatic carboxylic acids is 1. The van der Waals surface area contributed by atoms with Crippen molar-refractivity contribution in [1.82, 2.24) is 0 Å². The molecule has 0 unspecified atom stereocenters. The summed E-state index contributed by atoms with van der Waals surface area (Å²) >= 11 is 0. The molecule has 2 aliphatic rings. The number of carbonyl (C=O) groups is 1. The smallest absolute Gasteiger partial charge is 0.306 e. The zero-order valence-corrected chi connectivity index (χ0v) is 13.7. The largest absolute Gasteiger partial charge is 0.493 e. The summed E-state index contributed by atoms with van der Waals surface area (Å²) in [5.74, 6) is 0.573. The molecule has 1 fully saturated rings. The lowest BCUT2D eigenvalue weighted by Crippen LogP contribution is -2.22. The number of hydrogen-bond donors (Lipinski definition) is 1. The van der Waals surface area contributed by atoms with E-state index in [-0.39, 0.29) is 24.4 Å². The summed E-state index contributed by atoms with van der Waals surface area (Å²) in [7, 11) is 1.66. The van der Waals surface area contributed by atoms with Crippen LogP contribution in [0.5, 0.6) is 11.5 Å². The van der Waals surface area contributed by atoms with Crippen LogP contribution >= 0.6 is 12.4 Å². The normalized spacial score (nSPS) is 20.9. The molecule has 22 heavy (non-hydrogen) atoms. The van der Waals surface area contributed by atoms with Crippen LogP contribution in [0.2, 0.25) is 0 Å². The Bertz CT molecular complexity index is 538. The summed E-state index contributed by atoms with van der Waals surface area (Å²) in [6.45, 7) is 0. The topological polar surface area (TPSA) is 55.8 Å². The van der Waals surface area contributed by atoms with Gasteiger partial charge >= 0.3 is 5.97 Å². The van der Waals surface area contributed by atoms with Crippen LogP contribution in [0.3, 0.4) is 0 Å². The Morgan fingerprint density at radius 1 is 1.14 bits per heavy atom. The van der Waals surface area contributed by atoms with E-state index in [4.69, 9.17) is 9.47 Å². The van der Waals surface area contributed by atoms with E-state index in [2.05, 4.69) is 0 Å². The molecular formula is C17H23ClO4. The number of hydrogen-bond acceptors (Lipinski definition) is 3. The summed E-state index contributed by atoms with van der Waals surface area (Å²) in [5, 5.41) is 9.21. The fourth-order valence-electron chi connectivity index (χ4n) is 3.41. The molecule has 1 N–H and O–H groups in total. The van der Waals surface area contributed by atoms with Crippen molar-refractivity contribution >= 4 is 18.4 Å². The lowest BCUT2D eigenvalue weighted by Gasteiger charge is -2.24. The third-order valence-corrected chi connectivity index (χ3v) is 4.66. The summed E-state index contributed by atoms with van der Waals surface area (Å²) in [4.78, 5) is 11.2. The van der Waals surface area contributed by atoms with Gasteiger partial charge in [0.05, 0.1) is 19.1 Å². The van der Waals surface area contributed by atoms with Gasteiger partial charge in [0.2, 0.25) is 0 Å². The van der Waals surface area contributed by atoms with E-state index in [0.29, 0.717) is 12.8 Å². The lowest BCUT2D eigenvalue weighted by atomic mass is 9.83. The fraction of sp³-hybridized carbons (Fsp3) is 0.588. The van der Waals surface area contributed by atoms with E-state index in [1.165, 1.54) is 18.4 Å². The van der Waals surface area contributed by atoms with Crippen molar-refractivity contribution < 1.29 is 19.4 Å². The van der Waals surface area contributed by atoms with Crippen LogP contribution in [0.15, 0.2) is 12.1 Å². The Hall–Kier alpha value is -1.42. The van der Waals surface area contributed by atoms with Gasteiger partial charge in [-0.1, -0.05) is 0 Å². The minimum Gasteiger partial charge on any atom is -0.493 e. The predicted octanol–water partition coefficient (Wildman–Crippen LogP) is 3.63. The van der Waals surface area contributed by atoms with Gasteiger partial charge in [-0.2, -0.15) is 0 Å². The molecule has 0 radical (unpaired) electrons. The highest BCUT2D eigenvalue weighted by Gasteiger charge is 2.26. The van der Waals surface area contributed by atoms with Crippen molar-refractivity contribution in [2.45, 2.75) is 51.0 Å². The zero-order valence-electron chi connectivity index (χ0n) is 12.8. The number of ether oxygens (including phenoxy) is 2. The van der Waals surface area contributed by atoms with E-state index in [1.807, 2.05) is 12.1 Å². The maximum Gasteiger partial charge on any atom is 0.306 e. The van der Waals surface area contributed by atoms with E-state index < -0.39 is 5.97 Å². The molecule has 2 aliphatic carbocycles. The number of aryl methyl sites for hydroxylation is 1. The van der Waals surface area contributed by atoms with Crippen molar-refractivity contribution in [3.8, 4) is 11.5 Å². The number of benzene rings is 1. The molecule has 0 bridgehead atoms. The summed E-state index contributed by atoms with van der Waals surface area (Å²) in [5.41, 5.74) is 2.30. The SMILES string of the molecule is COc1cc2c(cc1OC1CCCC1)C[C@H](C(=O)O)CC2.Cl. The van der Waals surface area contributed by atoms with E-state index in [0.717, 1.165) is 36.3 Å². The molecular weight excluding hydrogens is 304 g/mol. The first kappa shape index (κ1) is 16.9. The Labute approximate surface area is 137 Å². The van der Waals surface area contributed by atoms with Gasteiger partial charge < -0.3 is 14.6 Å². The molecule has 0 spiro atoms. The molecule has 5 heteroatoms. The van der Waals surface area contributed by atoms with Gasteiger partial charge in [-0.25, -0.2) is 0 Å². The highest BCUT2D eigenvalue weighted by atomic mass is 35.5. The number of rotatable bonds is 4. The first-order valence-corrected chi connectivity index (χ1v) is 7.76. The molecule has 3 rings (SSSR count). The van der Waals surface area contributed by atoms with Crippen LogP contribution in [-0.4, -0.2) is 24.3 Å². The Morgan fingerprint density at radius 3 is 2.45 bits per heavy atom. The quantitative estimate of drug-likeness (QED) is 0.918. The van der Waals surface area contributed by atoms with Crippen molar-refractivity contribution in [2.24, 2.45) is 5.92 Å².